The minimum atomic E-state index is 0.654. The minimum absolute atomic E-state index is 0.654. The summed E-state index contributed by atoms with van der Waals surface area (Å²) in [4.78, 5) is 2.29. The second kappa shape index (κ2) is 4.57. The van der Waals surface area contributed by atoms with Gasteiger partial charge in [-0.15, -0.1) is 0 Å². The van der Waals surface area contributed by atoms with Crippen LogP contribution in [0.1, 0.15) is 20.8 Å². The summed E-state index contributed by atoms with van der Waals surface area (Å²) < 4.78 is 0. The van der Waals surface area contributed by atoms with Crippen LogP contribution in [-0.4, -0.2) is 24.5 Å². The predicted molar refractivity (Wildman–Crippen MR) is 42.6 cm³/mol. The van der Waals surface area contributed by atoms with E-state index in [9.17, 15) is 0 Å². The maximum absolute atomic E-state index is 2.29. The van der Waals surface area contributed by atoms with Crippen LogP contribution in [0.4, 0.5) is 0 Å². The molecule has 9 heavy (non-hydrogen) atoms. The molecule has 0 rings (SSSR count). The Hall–Kier alpha value is -0.300. The van der Waals surface area contributed by atoms with E-state index in [1.807, 2.05) is 6.92 Å². The maximum atomic E-state index is 2.29. The van der Waals surface area contributed by atoms with Crippen molar-refractivity contribution in [2.24, 2.45) is 0 Å². The maximum Gasteiger partial charge on any atom is 0.0162 e. The van der Waals surface area contributed by atoms with Crippen molar-refractivity contribution in [3.05, 3.63) is 12.2 Å². The van der Waals surface area contributed by atoms with E-state index in [4.69, 9.17) is 0 Å². The summed E-state index contributed by atoms with van der Waals surface area (Å²) in [6.45, 7) is 7.51. The zero-order chi connectivity index (χ0) is 7.28. The van der Waals surface area contributed by atoms with Crippen molar-refractivity contribution < 1.29 is 0 Å². The molecule has 0 spiro atoms. The Morgan fingerprint density at radius 2 is 2.00 bits per heavy atom. The van der Waals surface area contributed by atoms with Crippen molar-refractivity contribution >= 4 is 0 Å². The summed E-state index contributed by atoms with van der Waals surface area (Å²) in [5.74, 6) is 0. The molecule has 0 aliphatic heterocycles. The fraction of sp³-hybridized carbons (Fsp3) is 0.750. The van der Waals surface area contributed by atoms with Crippen molar-refractivity contribution in [1.29, 1.82) is 0 Å². The van der Waals surface area contributed by atoms with Crippen LogP contribution < -0.4 is 0 Å². The molecule has 1 nitrogen and oxygen atoms in total. The predicted octanol–water partition coefficient (Wildman–Crippen LogP) is 1.90. The molecule has 0 saturated heterocycles. The molecule has 0 aromatic rings. The third-order valence-corrected chi connectivity index (χ3v) is 1.51. The molecule has 0 saturated carbocycles. The topological polar surface area (TPSA) is 3.24 Å². The molecule has 0 unspecified atom stereocenters. The first-order valence-electron chi connectivity index (χ1n) is 3.50. The lowest BCUT2D eigenvalue weighted by atomic mass is 10.3. The van der Waals surface area contributed by atoms with E-state index in [0.717, 1.165) is 6.54 Å². The van der Waals surface area contributed by atoms with Crippen LogP contribution in [-0.2, 0) is 0 Å². The summed E-state index contributed by atoms with van der Waals surface area (Å²) in [7, 11) is 2.13. The summed E-state index contributed by atoms with van der Waals surface area (Å²) in [6, 6.07) is 0.654. The molecule has 54 valence electrons. The molecular formula is C8H17N. The van der Waals surface area contributed by atoms with Crippen molar-refractivity contribution in [1.82, 2.24) is 4.90 Å². The van der Waals surface area contributed by atoms with Crippen LogP contribution in [0.5, 0.6) is 0 Å². The van der Waals surface area contributed by atoms with Gasteiger partial charge in [-0.25, -0.2) is 0 Å². The highest BCUT2D eigenvalue weighted by atomic mass is 15.1. The Kier molecular flexibility index (Phi) is 4.41. The molecule has 0 aliphatic carbocycles. The molecule has 0 fully saturated rings. The van der Waals surface area contributed by atoms with Gasteiger partial charge in [-0.3, -0.25) is 0 Å². The second-order valence-electron chi connectivity index (χ2n) is 2.60. The Labute approximate surface area is 58.4 Å². The van der Waals surface area contributed by atoms with Gasteiger partial charge in [0.2, 0.25) is 0 Å². The van der Waals surface area contributed by atoms with E-state index < -0.39 is 0 Å². The third kappa shape index (κ3) is 4.22. The summed E-state index contributed by atoms with van der Waals surface area (Å²) in [6.07, 6.45) is 4.25. The highest BCUT2D eigenvalue weighted by molar-refractivity contribution is 4.80. The Bertz CT molecular complexity index is 84.6. The fourth-order valence-corrected chi connectivity index (χ4v) is 0.482. The lowest BCUT2D eigenvalue weighted by Gasteiger charge is -2.18. The zero-order valence-electron chi connectivity index (χ0n) is 6.89. The van der Waals surface area contributed by atoms with E-state index in [2.05, 4.69) is 37.9 Å². The first-order valence-corrected chi connectivity index (χ1v) is 3.50. The molecule has 0 radical (unpaired) electrons. The van der Waals surface area contributed by atoms with E-state index in [1.54, 1.807) is 0 Å². The minimum Gasteiger partial charge on any atom is -0.300 e. The van der Waals surface area contributed by atoms with Crippen molar-refractivity contribution in [2.45, 2.75) is 26.8 Å². The van der Waals surface area contributed by atoms with E-state index in [1.165, 1.54) is 0 Å². The molecule has 0 aliphatic rings. The Balaban J connectivity index is 3.38. The average Bonchev–Trinajstić information content (AvgIpc) is 1.82. The number of allylic oxidation sites excluding steroid dienone is 1. The third-order valence-electron chi connectivity index (χ3n) is 1.51. The number of hydrogen-bond donors (Lipinski definition) is 0. The van der Waals surface area contributed by atoms with Crippen LogP contribution in [0.15, 0.2) is 12.2 Å². The normalized spacial score (nSPS) is 12.2. The molecule has 0 aromatic heterocycles. The standard InChI is InChI=1S/C8H17N/c1-5-6-7-9(4)8(2)3/h5-6,8H,7H2,1-4H3. The fourth-order valence-electron chi connectivity index (χ4n) is 0.482. The Morgan fingerprint density at radius 1 is 1.44 bits per heavy atom. The lowest BCUT2D eigenvalue weighted by Crippen LogP contribution is -2.26. The molecule has 1 heteroatoms. The molecule has 0 heterocycles. The van der Waals surface area contributed by atoms with Gasteiger partial charge in [-0.05, 0) is 27.8 Å². The van der Waals surface area contributed by atoms with Crippen molar-refractivity contribution in [3.63, 3.8) is 0 Å². The quantitative estimate of drug-likeness (QED) is 0.523. The molecule has 0 amide bonds. The molecule has 0 aromatic carbocycles. The van der Waals surface area contributed by atoms with Gasteiger partial charge < -0.3 is 4.90 Å². The van der Waals surface area contributed by atoms with Gasteiger partial charge in [0.25, 0.3) is 0 Å². The summed E-state index contributed by atoms with van der Waals surface area (Å²) in [5, 5.41) is 0. The highest BCUT2D eigenvalue weighted by Crippen LogP contribution is 1.91. The lowest BCUT2D eigenvalue weighted by molar-refractivity contribution is 0.303. The molecule has 0 N–H and O–H groups in total. The largest absolute Gasteiger partial charge is 0.300 e. The first kappa shape index (κ1) is 8.70. The van der Waals surface area contributed by atoms with Gasteiger partial charge in [0.15, 0.2) is 0 Å². The number of rotatable bonds is 3. The van der Waals surface area contributed by atoms with Gasteiger partial charge in [0.05, 0.1) is 0 Å². The first-order chi connectivity index (χ1) is 4.18. The van der Waals surface area contributed by atoms with Crippen LogP contribution in [0, 0.1) is 0 Å². The zero-order valence-corrected chi connectivity index (χ0v) is 6.89. The van der Waals surface area contributed by atoms with E-state index in [-0.39, 0.29) is 0 Å². The number of hydrogen-bond acceptors (Lipinski definition) is 1. The van der Waals surface area contributed by atoms with Gasteiger partial charge in [-0.1, -0.05) is 12.2 Å². The van der Waals surface area contributed by atoms with E-state index >= 15 is 0 Å². The van der Waals surface area contributed by atoms with Crippen LogP contribution in [0.25, 0.3) is 0 Å². The SMILES string of the molecule is CC=CCN(C)C(C)C. The van der Waals surface area contributed by atoms with Crippen molar-refractivity contribution in [2.75, 3.05) is 13.6 Å². The number of likely N-dealkylation sites (N-methyl/N-ethyl adjacent to an activating group) is 1. The highest BCUT2D eigenvalue weighted by Gasteiger charge is 1.97. The van der Waals surface area contributed by atoms with Gasteiger partial charge in [0, 0.05) is 12.6 Å². The van der Waals surface area contributed by atoms with Crippen LogP contribution in [0.3, 0.4) is 0 Å². The van der Waals surface area contributed by atoms with Gasteiger partial charge in [0.1, 0.15) is 0 Å². The second-order valence-corrected chi connectivity index (χ2v) is 2.60. The average molecular weight is 127 g/mol. The van der Waals surface area contributed by atoms with Crippen LogP contribution in [0.2, 0.25) is 0 Å². The number of nitrogens with zero attached hydrogens (tertiary/aromatic N) is 1. The van der Waals surface area contributed by atoms with Crippen LogP contribution >= 0.6 is 0 Å². The summed E-state index contributed by atoms with van der Waals surface area (Å²) >= 11 is 0. The van der Waals surface area contributed by atoms with Gasteiger partial charge >= 0.3 is 0 Å². The van der Waals surface area contributed by atoms with Gasteiger partial charge in [-0.2, -0.15) is 0 Å². The smallest absolute Gasteiger partial charge is 0.0162 e. The monoisotopic (exact) mass is 127 g/mol. The Morgan fingerprint density at radius 3 is 2.33 bits per heavy atom. The molecular weight excluding hydrogens is 110 g/mol. The molecule has 0 bridgehead atoms. The molecule has 0 atom stereocenters. The van der Waals surface area contributed by atoms with Crippen molar-refractivity contribution in [3.8, 4) is 0 Å². The summed E-state index contributed by atoms with van der Waals surface area (Å²) in [5.41, 5.74) is 0. The van der Waals surface area contributed by atoms with E-state index in [0.29, 0.717) is 6.04 Å².